The summed E-state index contributed by atoms with van der Waals surface area (Å²) in [7, 11) is 0. The van der Waals surface area contributed by atoms with Gasteiger partial charge in [-0.15, -0.1) is 6.58 Å². The average Bonchev–Trinajstić information content (AvgIpc) is 2.44. The minimum absolute atomic E-state index is 0.213. The van der Waals surface area contributed by atoms with E-state index in [0.717, 1.165) is 30.4 Å². The Morgan fingerprint density at radius 2 is 2.05 bits per heavy atom. The monoisotopic (exact) mass is 272 g/mol. The number of esters is 1. The lowest BCUT2D eigenvalue weighted by atomic mass is 9.99. The van der Waals surface area contributed by atoms with Crippen LogP contribution in [0.4, 0.5) is 0 Å². The van der Waals surface area contributed by atoms with Gasteiger partial charge in [-0.05, 0) is 43.2 Å². The first-order valence-corrected chi connectivity index (χ1v) is 7.11. The standard InChI is InChI=1S/C18H24O2/c1-4-8-15(2)11-12-16(3)14-20-18(19)13-17-9-6-5-7-10-17/h4-7,9-10,14-15H,1,8,11-13H2,2-3H3/b16-14+. The minimum atomic E-state index is -0.213. The first kappa shape index (κ1) is 16.2. The molecule has 0 aliphatic rings. The van der Waals surface area contributed by atoms with Gasteiger partial charge < -0.3 is 4.74 Å². The van der Waals surface area contributed by atoms with Crippen LogP contribution in [0.1, 0.15) is 38.7 Å². The number of rotatable bonds is 8. The van der Waals surface area contributed by atoms with Gasteiger partial charge in [0.05, 0.1) is 12.7 Å². The molecular weight excluding hydrogens is 248 g/mol. The highest BCUT2D eigenvalue weighted by atomic mass is 16.5. The summed E-state index contributed by atoms with van der Waals surface area (Å²) >= 11 is 0. The molecule has 0 spiro atoms. The molecule has 2 heteroatoms. The number of benzene rings is 1. The van der Waals surface area contributed by atoms with Crippen molar-refractivity contribution in [1.29, 1.82) is 0 Å². The fourth-order valence-corrected chi connectivity index (χ4v) is 1.91. The number of ether oxygens (including phenoxy) is 1. The maximum atomic E-state index is 11.7. The summed E-state index contributed by atoms with van der Waals surface area (Å²) in [6, 6.07) is 9.63. The van der Waals surface area contributed by atoms with Crippen molar-refractivity contribution in [2.45, 2.75) is 39.5 Å². The van der Waals surface area contributed by atoms with Crippen molar-refractivity contribution < 1.29 is 9.53 Å². The van der Waals surface area contributed by atoms with Crippen LogP contribution in [-0.4, -0.2) is 5.97 Å². The zero-order valence-electron chi connectivity index (χ0n) is 12.5. The fourth-order valence-electron chi connectivity index (χ4n) is 1.91. The smallest absolute Gasteiger partial charge is 0.315 e. The molecule has 2 nitrogen and oxygen atoms in total. The molecule has 1 aromatic rings. The molecule has 0 aliphatic carbocycles. The molecule has 1 unspecified atom stereocenters. The second-order valence-electron chi connectivity index (χ2n) is 5.28. The van der Waals surface area contributed by atoms with Crippen LogP contribution in [0, 0.1) is 5.92 Å². The van der Waals surface area contributed by atoms with Crippen LogP contribution in [0.15, 0.2) is 54.8 Å². The predicted octanol–water partition coefficient (Wildman–Crippen LogP) is 4.67. The van der Waals surface area contributed by atoms with Crippen LogP contribution < -0.4 is 0 Å². The molecule has 0 N–H and O–H groups in total. The van der Waals surface area contributed by atoms with Crippen molar-refractivity contribution in [3.63, 3.8) is 0 Å². The fraction of sp³-hybridized carbons (Fsp3) is 0.389. The Bertz CT molecular complexity index is 446. The van der Waals surface area contributed by atoms with Crippen molar-refractivity contribution in [2.75, 3.05) is 0 Å². The molecule has 0 aromatic heterocycles. The third-order valence-electron chi connectivity index (χ3n) is 3.18. The number of carbonyl (C=O) groups is 1. The van der Waals surface area contributed by atoms with Crippen LogP contribution in [0.3, 0.4) is 0 Å². The van der Waals surface area contributed by atoms with E-state index in [9.17, 15) is 4.79 Å². The Labute approximate surface area is 122 Å². The summed E-state index contributed by atoms with van der Waals surface area (Å²) in [5, 5.41) is 0. The largest absolute Gasteiger partial charge is 0.434 e. The van der Waals surface area contributed by atoms with E-state index < -0.39 is 0 Å². The van der Waals surface area contributed by atoms with Crippen molar-refractivity contribution >= 4 is 5.97 Å². The van der Waals surface area contributed by atoms with Crippen LogP contribution >= 0.6 is 0 Å². The number of hydrogen-bond acceptors (Lipinski definition) is 2. The average molecular weight is 272 g/mol. The number of allylic oxidation sites excluding steroid dienone is 2. The van der Waals surface area contributed by atoms with Gasteiger partial charge in [0, 0.05) is 0 Å². The summed E-state index contributed by atoms with van der Waals surface area (Å²) in [5.41, 5.74) is 2.07. The Hall–Kier alpha value is -1.83. The van der Waals surface area contributed by atoms with Gasteiger partial charge in [-0.2, -0.15) is 0 Å². The summed E-state index contributed by atoms with van der Waals surface area (Å²) in [6.07, 6.45) is 6.92. The molecule has 0 heterocycles. The molecule has 0 saturated carbocycles. The number of carbonyl (C=O) groups excluding carboxylic acids is 1. The molecule has 0 bridgehead atoms. The molecule has 0 aliphatic heterocycles. The third kappa shape index (κ3) is 6.93. The Morgan fingerprint density at radius 3 is 2.70 bits per heavy atom. The van der Waals surface area contributed by atoms with Gasteiger partial charge in [0.15, 0.2) is 0 Å². The van der Waals surface area contributed by atoms with E-state index in [1.165, 1.54) is 0 Å². The van der Waals surface area contributed by atoms with E-state index in [0.29, 0.717) is 12.3 Å². The van der Waals surface area contributed by atoms with E-state index >= 15 is 0 Å². The molecule has 1 rings (SSSR count). The molecule has 0 fully saturated rings. The molecule has 20 heavy (non-hydrogen) atoms. The maximum absolute atomic E-state index is 11.7. The van der Waals surface area contributed by atoms with Crippen LogP contribution in [-0.2, 0) is 16.0 Å². The highest BCUT2D eigenvalue weighted by molar-refractivity contribution is 5.73. The van der Waals surface area contributed by atoms with E-state index in [4.69, 9.17) is 4.74 Å². The first-order chi connectivity index (χ1) is 9.61. The molecule has 0 amide bonds. The second kappa shape index (κ2) is 9.13. The van der Waals surface area contributed by atoms with E-state index in [1.807, 2.05) is 43.3 Å². The molecule has 0 saturated heterocycles. The van der Waals surface area contributed by atoms with Crippen molar-refractivity contribution in [3.05, 3.63) is 60.4 Å². The molecule has 108 valence electrons. The maximum Gasteiger partial charge on any atom is 0.315 e. The van der Waals surface area contributed by atoms with Crippen LogP contribution in [0.5, 0.6) is 0 Å². The van der Waals surface area contributed by atoms with Crippen LogP contribution in [0.25, 0.3) is 0 Å². The number of hydrogen-bond donors (Lipinski definition) is 0. The topological polar surface area (TPSA) is 26.3 Å². The zero-order chi connectivity index (χ0) is 14.8. The van der Waals surface area contributed by atoms with E-state index in [1.54, 1.807) is 6.26 Å². The van der Waals surface area contributed by atoms with E-state index in [2.05, 4.69) is 13.5 Å². The SMILES string of the molecule is C=CCC(C)CC/C(C)=C/OC(=O)Cc1ccccc1. The molecule has 1 atom stereocenters. The van der Waals surface area contributed by atoms with Gasteiger partial charge in [0.2, 0.25) is 0 Å². The Kier molecular flexibility index (Phi) is 7.41. The summed E-state index contributed by atoms with van der Waals surface area (Å²) in [4.78, 5) is 11.7. The van der Waals surface area contributed by atoms with Crippen LogP contribution in [0.2, 0.25) is 0 Å². The van der Waals surface area contributed by atoms with Gasteiger partial charge in [-0.1, -0.05) is 43.3 Å². The summed E-state index contributed by atoms with van der Waals surface area (Å²) in [5.74, 6) is 0.408. The van der Waals surface area contributed by atoms with Gasteiger partial charge in [-0.3, -0.25) is 4.79 Å². The van der Waals surface area contributed by atoms with Crippen molar-refractivity contribution in [1.82, 2.24) is 0 Å². The Morgan fingerprint density at radius 1 is 1.35 bits per heavy atom. The van der Waals surface area contributed by atoms with Crippen molar-refractivity contribution in [2.24, 2.45) is 5.92 Å². The highest BCUT2D eigenvalue weighted by Crippen LogP contribution is 2.15. The van der Waals surface area contributed by atoms with Crippen molar-refractivity contribution in [3.8, 4) is 0 Å². The first-order valence-electron chi connectivity index (χ1n) is 7.11. The lowest BCUT2D eigenvalue weighted by Gasteiger charge is -2.08. The molecule has 1 aromatic carbocycles. The molecule has 0 radical (unpaired) electrons. The lowest BCUT2D eigenvalue weighted by molar-refractivity contribution is -0.137. The summed E-state index contributed by atoms with van der Waals surface area (Å²) < 4.78 is 5.18. The van der Waals surface area contributed by atoms with Gasteiger partial charge in [0.1, 0.15) is 0 Å². The van der Waals surface area contributed by atoms with E-state index in [-0.39, 0.29) is 5.97 Å². The second-order valence-corrected chi connectivity index (χ2v) is 5.28. The highest BCUT2D eigenvalue weighted by Gasteiger charge is 2.04. The van der Waals surface area contributed by atoms with Gasteiger partial charge in [0.25, 0.3) is 0 Å². The van der Waals surface area contributed by atoms with Gasteiger partial charge in [-0.25, -0.2) is 0 Å². The quantitative estimate of drug-likeness (QED) is 0.390. The third-order valence-corrected chi connectivity index (χ3v) is 3.18. The minimum Gasteiger partial charge on any atom is -0.434 e. The normalized spacial score (nSPS) is 12.8. The Balaban J connectivity index is 2.31. The lowest BCUT2D eigenvalue weighted by Crippen LogP contribution is -2.04. The predicted molar refractivity (Wildman–Crippen MR) is 83.2 cm³/mol. The van der Waals surface area contributed by atoms with Gasteiger partial charge >= 0.3 is 5.97 Å². The zero-order valence-corrected chi connectivity index (χ0v) is 12.5. The summed E-state index contributed by atoms with van der Waals surface area (Å²) in [6.45, 7) is 7.94. The molecular formula is C18H24O2.